The Morgan fingerprint density at radius 3 is 1.93 bits per heavy atom. The second-order valence-corrected chi connectivity index (χ2v) is 8.69. The van der Waals surface area contributed by atoms with Gasteiger partial charge in [-0.3, -0.25) is 9.59 Å². The molecule has 1 aliphatic rings. The van der Waals surface area contributed by atoms with Crippen molar-refractivity contribution >= 4 is 23.3 Å². The largest absolute Gasteiger partial charge is 0.478 e. The first-order valence-corrected chi connectivity index (χ1v) is 9.35. The monoisotopic (exact) mass is 379 g/mol. The third-order valence-corrected chi connectivity index (χ3v) is 5.71. The van der Waals surface area contributed by atoms with Crippen LogP contribution >= 0.6 is 0 Å². The van der Waals surface area contributed by atoms with Gasteiger partial charge < -0.3 is 10.4 Å². The molecule has 2 N–H and O–H groups in total. The third kappa shape index (κ3) is 3.70. The number of anilines is 1. The van der Waals surface area contributed by atoms with Gasteiger partial charge in [0.2, 0.25) is 0 Å². The molecule has 1 amide bonds. The number of carboxylic acid groups (broad SMARTS) is 1. The topological polar surface area (TPSA) is 83.5 Å². The Morgan fingerprint density at radius 2 is 1.36 bits per heavy atom. The summed E-state index contributed by atoms with van der Waals surface area (Å²) in [5.41, 5.74) is 3.19. The van der Waals surface area contributed by atoms with Crippen molar-refractivity contribution in [2.75, 3.05) is 5.32 Å². The van der Waals surface area contributed by atoms with Crippen LogP contribution in [-0.2, 0) is 15.6 Å². The van der Waals surface area contributed by atoms with E-state index in [0.29, 0.717) is 11.3 Å². The zero-order valence-electron chi connectivity index (χ0n) is 16.6. The number of fused-ring (bicyclic) bond motifs is 1. The number of nitrogens with one attached hydrogen (secondary N) is 1. The Bertz CT molecular complexity index is 955. The number of rotatable bonds is 4. The lowest BCUT2D eigenvalue weighted by Crippen LogP contribution is -2.34. The van der Waals surface area contributed by atoms with Crippen LogP contribution in [0.15, 0.2) is 42.5 Å². The van der Waals surface area contributed by atoms with Crippen LogP contribution in [0.25, 0.3) is 0 Å². The van der Waals surface area contributed by atoms with E-state index in [0.717, 1.165) is 18.4 Å². The minimum absolute atomic E-state index is 0.0422. The Kier molecular flexibility index (Phi) is 4.88. The number of amides is 1. The van der Waals surface area contributed by atoms with Crippen LogP contribution < -0.4 is 5.32 Å². The molecule has 5 nitrogen and oxygen atoms in total. The number of hydrogen-bond acceptors (Lipinski definition) is 3. The van der Waals surface area contributed by atoms with Crippen molar-refractivity contribution in [3.8, 4) is 0 Å². The molecule has 2 aromatic carbocycles. The van der Waals surface area contributed by atoms with Gasteiger partial charge in [-0.1, -0.05) is 39.8 Å². The van der Waals surface area contributed by atoms with E-state index in [1.54, 1.807) is 6.07 Å². The maximum atomic E-state index is 12.7. The fourth-order valence-electron chi connectivity index (χ4n) is 3.75. The molecule has 0 spiro atoms. The van der Waals surface area contributed by atoms with E-state index < -0.39 is 17.7 Å². The van der Waals surface area contributed by atoms with Gasteiger partial charge in [0, 0.05) is 11.3 Å². The fraction of sp³-hybridized carbons (Fsp3) is 0.348. The molecule has 0 aromatic heterocycles. The smallest absolute Gasteiger partial charge is 0.335 e. The number of carbonyl (C=O) groups excluding carboxylic acids is 2. The molecule has 0 atom stereocenters. The molecular weight excluding hydrogens is 354 g/mol. The molecule has 2 aromatic rings. The lowest BCUT2D eigenvalue weighted by Gasteiger charge is -2.42. The molecule has 0 saturated heterocycles. The highest BCUT2D eigenvalue weighted by atomic mass is 16.4. The minimum atomic E-state index is -1.05. The van der Waals surface area contributed by atoms with Gasteiger partial charge in [-0.05, 0) is 65.1 Å². The van der Waals surface area contributed by atoms with Crippen molar-refractivity contribution < 1.29 is 19.5 Å². The molecule has 0 radical (unpaired) electrons. The molecule has 0 fully saturated rings. The van der Waals surface area contributed by atoms with Crippen molar-refractivity contribution in [1.29, 1.82) is 0 Å². The number of carboxylic acids is 1. The van der Waals surface area contributed by atoms with Gasteiger partial charge in [0.1, 0.15) is 0 Å². The predicted molar refractivity (Wildman–Crippen MR) is 108 cm³/mol. The van der Waals surface area contributed by atoms with Gasteiger partial charge in [-0.25, -0.2) is 4.79 Å². The highest BCUT2D eigenvalue weighted by Crippen LogP contribution is 2.45. The summed E-state index contributed by atoms with van der Waals surface area (Å²) in [6, 6.07) is 11.2. The summed E-state index contributed by atoms with van der Waals surface area (Å²) in [7, 11) is 0. The molecule has 146 valence electrons. The molecule has 5 heteroatoms. The van der Waals surface area contributed by atoms with Gasteiger partial charge in [0.05, 0.1) is 5.56 Å². The highest BCUT2D eigenvalue weighted by Gasteiger charge is 2.37. The van der Waals surface area contributed by atoms with Crippen LogP contribution in [0, 0.1) is 0 Å². The van der Waals surface area contributed by atoms with Crippen LogP contribution in [0.1, 0.15) is 72.4 Å². The molecule has 0 aliphatic heterocycles. The maximum Gasteiger partial charge on any atom is 0.335 e. The first-order valence-electron chi connectivity index (χ1n) is 9.35. The summed E-state index contributed by atoms with van der Waals surface area (Å²) in [5, 5.41) is 11.5. The lowest BCUT2D eigenvalue weighted by molar-refractivity contribution is -0.112. The summed E-state index contributed by atoms with van der Waals surface area (Å²) in [5.74, 6) is -2.39. The van der Waals surface area contributed by atoms with Crippen LogP contribution in [-0.4, -0.2) is 22.8 Å². The van der Waals surface area contributed by atoms with Gasteiger partial charge >= 0.3 is 5.97 Å². The summed E-state index contributed by atoms with van der Waals surface area (Å²) in [6.45, 7) is 8.74. The fourth-order valence-corrected chi connectivity index (χ4v) is 3.75. The molecule has 28 heavy (non-hydrogen) atoms. The van der Waals surface area contributed by atoms with Gasteiger partial charge in [-0.15, -0.1) is 0 Å². The van der Waals surface area contributed by atoms with Crippen molar-refractivity contribution in [3.63, 3.8) is 0 Å². The summed E-state index contributed by atoms with van der Waals surface area (Å²) < 4.78 is 0. The number of benzene rings is 2. The number of hydrogen-bond donors (Lipinski definition) is 2. The Hall–Kier alpha value is -2.95. The molecule has 1 aliphatic carbocycles. The Morgan fingerprint density at radius 1 is 0.821 bits per heavy atom. The van der Waals surface area contributed by atoms with Gasteiger partial charge in [0.25, 0.3) is 11.7 Å². The van der Waals surface area contributed by atoms with E-state index in [-0.39, 0.29) is 16.4 Å². The first-order chi connectivity index (χ1) is 13.0. The summed E-state index contributed by atoms with van der Waals surface area (Å²) in [4.78, 5) is 36.0. The zero-order valence-corrected chi connectivity index (χ0v) is 16.6. The van der Waals surface area contributed by atoms with E-state index in [9.17, 15) is 14.4 Å². The molecular formula is C23H25NO4. The van der Waals surface area contributed by atoms with Crippen LogP contribution in [0.3, 0.4) is 0 Å². The van der Waals surface area contributed by atoms with E-state index in [2.05, 4.69) is 33.0 Å². The second-order valence-electron chi connectivity index (χ2n) is 8.69. The minimum Gasteiger partial charge on any atom is -0.478 e. The maximum absolute atomic E-state index is 12.7. The van der Waals surface area contributed by atoms with Crippen molar-refractivity contribution in [3.05, 3.63) is 64.7 Å². The number of aromatic carboxylic acids is 1. The van der Waals surface area contributed by atoms with E-state index in [1.165, 1.54) is 29.8 Å². The predicted octanol–water partition coefficient (Wildman–Crippen LogP) is 4.56. The molecule has 0 heterocycles. The number of Topliss-reactive ketones (excluding diaryl/α,β-unsaturated/α-hetero) is 1. The quantitative estimate of drug-likeness (QED) is 0.603. The summed E-state index contributed by atoms with van der Waals surface area (Å²) >= 11 is 0. The second kappa shape index (κ2) is 6.89. The van der Waals surface area contributed by atoms with Crippen LogP contribution in [0.4, 0.5) is 5.69 Å². The number of carbonyl (C=O) groups is 3. The molecule has 0 saturated carbocycles. The highest BCUT2D eigenvalue weighted by molar-refractivity contribution is 6.46. The van der Waals surface area contributed by atoms with Crippen molar-refractivity contribution in [2.45, 2.75) is 51.4 Å². The van der Waals surface area contributed by atoms with Crippen LogP contribution in [0.5, 0.6) is 0 Å². The van der Waals surface area contributed by atoms with E-state index in [4.69, 9.17) is 5.11 Å². The SMILES string of the molecule is CC1(C)CCC(C)(C)c2cc(C(=O)C(=O)Nc3ccc(C(=O)O)cc3)ccc21. The van der Waals surface area contributed by atoms with Gasteiger partial charge in [0.15, 0.2) is 0 Å². The lowest BCUT2D eigenvalue weighted by atomic mass is 9.63. The number of ketones is 1. The Balaban J connectivity index is 1.84. The first kappa shape index (κ1) is 19.8. The van der Waals surface area contributed by atoms with Crippen molar-refractivity contribution in [1.82, 2.24) is 0 Å². The standard InChI is InChI=1S/C23H25NO4/c1-22(2)11-12-23(3,4)18-13-15(7-10-17(18)22)19(25)20(26)24-16-8-5-14(6-9-16)21(27)28/h5-10,13H,11-12H2,1-4H3,(H,24,26)(H,27,28). The van der Waals surface area contributed by atoms with E-state index >= 15 is 0 Å². The van der Waals surface area contributed by atoms with Crippen molar-refractivity contribution in [2.24, 2.45) is 0 Å². The average Bonchev–Trinajstić information content (AvgIpc) is 2.65. The molecule has 3 rings (SSSR count). The van der Waals surface area contributed by atoms with Crippen LogP contribution in [0.2, 0.25) is 0 Å². The normalized spacial score (nSPS) is 16.7. The third-order valence-electron chi connectivity index (χ3n) is 5.71. The average molecular weight is 379 g/mol. The zero-order chi connectivity index (χ0) is 20.7. The van der Waals surface area contributed by atoms with Gasteiger partial charge in [-0.2, -0.15) is 0 Å². The Labute approximate surface area is 164 Å². The molecule has 0 bridgehead atoms. The van der Waals surface area contributed by atoms with E-state index in [1.807, 2.05) is 12.1 Å². The molecule has 0 unspecified atom stereocenters. The summed E-state index contributed by atoms with van der Waals surface area (Å²) in [6.07, 6.45) is 2.10.